The molecule has 84 valence electrons. The summed E-state index contributed by atoms with van der Waals surface area (Å²) in [5.74, 6) is 1.70. The zero-order valence-corrected chi connectivity index (χ0v) is 10.2. The van der Waals surface area contributed by atoms with Gasteiger partial charge in [0.2, 0.25) is 0 Å². The number of rotatable bonds is 3. The largest absolute Gasteiger partial charge is 0.389 e. The highest BCUT2D eigenvalue weighted by molar-refractivity contribution is 4.94. The van der Waals surface area contributed by atoms with Crippen molar-refractivity contribution in [2.24, 2.45) is 17.8 Å². The van der Waals surface area contributed by atoms with Gasteiger partial charge in [-0.15, -0.1) is 0 Å². The zero-order valence-electron chi connectivity index (χ0n) is 10.2. The second-order valence-corrected chi connectivity index (χ2v) is 5.29. The molecule has 0 saturated heterocycles. The smallest absolute Gasteiger partial charge is 0.0703 e. The molecule has 0 aromatic rings. The van der Waals surface area contributed by atoms with Crippen LogP contribution < -0.4 is 0 Å². The van der Waals surface area contributed by atoms with Crippen molar-refractivity contribution in [1.82, 2.24) is 0 Å². The lowest BCUT2D eigenvalue weighted by Gasteiger charge is -2.46. The van der Waals surface area contributed by atoms with E-state index in [0.717, 1.165) is 19.3 Å². The van der Waals surface area contributed by atoms with Crippen molar-refractivity contribution in [3.8, 4) is 0 Å². The highest BCUT2D eigenvalue weighted by Crippen LogP contribution is 2.43. The van der Waals surface area contributed by atoms with E-state index in [1.165, 1.54) is 12.8 Å². The third-order valence-electron chi connectivity index (χ3n) is 4.31. The van der Waals surface area contributed by atoms with E-state index >= 15 is 0 Å². The van der Waals surface area contributed by atoms with Gasteiger partial charge in [-0.2, -0.15) is 0 Å². The lowest BCUT2D eigenvalue weighted by Crippen LogP contribution is -2.47. The Labute approximate surface area is 88.9 Å². The van der Waals surface area contributed by atoms with E-state index in [9.17, 15) is 5.11 Å². The first-order valence-electron chi connectivity index (χ1n) is 6.26. The van der Waals surface area contributed by atoms with Crippen molar-refractivity contribution in [3.63, 3.8) is 0 Å². The third kappa shape index (κ3) is 2.13. The van der Waals surface area contributed by atoms with Crippen LogP contribution in [0.2, 0.25) is 0 Å². The molecule has 1 aliphatic carbocycles. The molecule has 0 aromatic heterocycles. The van der Waals surface area contributed by atoms with Gasteiger partial charge in [0.05, 0.1) is 5.60 Å². The second-order valence-electron chi connectivity index (χ2n) is 5.29. The molecular weight excluding hydrogens is 172 g/mol. The molecule has 3 atom stereocenters. The molecular formula is C13H26O. The summed E-state index contributed by atoms with van der Waals surface area (Å²) < 4.78 is 0. The van der Waals surface area contributed by atoms with E-state index in [4.69, 9.17) is 0 Å². The van der Waals surface area contributed by atoms with Gasteiger partial charge >= 0.3 is 0 Å². The van der Waals surface area contributed by atoms with Crippen LogP contribution in [0.25, 0.3) is 0 Å². The van der Waals surface area contributed by atoms with Crippen LogP contribution in [0.5, 0.6) is 0 Å². The topological polar surface area (TPSA) is 20.2 Å². The van der Waals surface area contributed by atoms with Crippen molar-refractivity contribution in [2.45, 2.75) is 65.4 Å². The molecule has 3 unspecified atom stereocenters. The van der Waals surface area contributed by atoms with E-state index in [-0.39, 0.29) is 5.60 Å². The van der Waals surface area contributed by atoms with Crippen molar-refractivity contribution in [1.29, 1.82) is 0 Å². The molecule has 1 fully saturated rings. The van der Waals surface area contributed by atoms with Crippen LogP contribution in [-0.2, 0) is 0 Å². The maximum atomic E-state index is 10.8. The summed E-state index contributed by atoms with van der Waals surface area (Å²) in [5.41, 5.74) is -0.374. The SMILES string of the molecule is CCC(CC)C1(O)CC(C)CCC1C. The number of hydrogen-bond acceptors (Lipinski definition) is 1. The lowest BCUT2D eigenvalue weighted by molar-refractivity contribution is -0.104. The Morgan fingerprint density at radius 1 is 1.21 bits per heavy atom. The Kier molecular flexibility index (Phi) is 4.00. The van der Waals surface area contributed by atoms with Crippen molar-refractivity contribution < 1.29 is 5.11 Å². The Morgan fingerprint density at radius 2 is 1.79 bits per heavy atom. The normalized spacial score (nSPS) is 39.0. The predicted octanol–water partition coefficient (Wildman–Crippen LogP) is 3.61. The first kappa shape index (κ1) is 12.0. The predicted molar refractivity (Wildman–Crippen MR) is 61.2 cm³/mol. The van der Waals surface area contributed by atoms with Gasteiger partial charge in [-0.1, -0.05) is 47.0 Å². The Balaban J connectivity index is 2.76. The van der Waals surface area contributed by atoms with E-state index in [1.54, 1.807) is 0 Å². The fourth-order valence-electron chi connectivity index (χ4n) is 3.21. The molecule has 0 aromatic carbocycles. The average Bonchev–Trinajstić information content (AvgIpc) is 2.14. The van der Waals surface area contributed by atoms with E-state index in [2.05, 4.69) is 27.7 Å². The van der Waals surface area contributed by atoms with Crippen LogP contribution in [-0.4, -0.2) is 10.7 Å². The van der Waals surface area contributed by atoms with Gasteiger partial charge < -0.3 is 5.11 Å². The van der Waals surface area contributed by atoms with Crippen molar-refractivity contribution in [3.05, 3.63) is 0 Å². The van der Waals surface area contributed by atoms with Gasteiger partial charge in [-0.25, -0.2) is 0 Å². The fourth-order valence-corrected chi connectivity index (χ4v) is 3.21. The maximum absolute atomic E-state index is 10.8. The summed E-state index contributed by atoms with van der Waals surface area (Å²) in [5, 5.41) is 10.8. The minimum atomic E-state index is -0.374. The molecule has 1 saturated carbocycles. The molecule has 0 spiro atoms. The van der Waals surface area contributed by atoms with Gasteiger partial charge in [0.1, 0.15) is 0 Å². The first-order chi connectivity index (χ1) is 6.54. The third-order valence-corrected chi connectivity index (χ3v) is 4.31. The lowest BCUT2D eigenvalue weighted by atomic mass is 9.65. The minimum Gasteiger partial charge on any atom is -0.389 e. The van der Waals surface area contributed by atoms with E-state index < -0.39 is 0 Å². The highest BCUT2D eigenvalue weighted by atomic mass is 16.3. The van der Waals surface area contributed by atoms with E-state index in [1.807, 2.05) is 0 Å². The quantitative estimate of drug-likeness (QED) is 0.734. The Hall–Kier alpha value is -0.0400. The summed E-state index contributed by atoms with van der Waals surface area (Å²) in [7, 11) is 0. The summed E-state index contributed by atoms with van der Waals surface area (Å²) in [4.78, 5) is 0. The number of hydrogen-bond donors (Lipinski definition) is 1. The molecule has 1 nitrogen and oxygen atoms in total. The fraction of sp³-hybridized carbons (Fsp3) is 1.00. The molecule has 0 amide bonds. The van der Waals surface area contributed by atoms with Crippen LogP contribution in [0, 0.1) is 17.8 Å². The molecule has 1 heteroatoms. The Morgan fingerprint density at radius 3 is 2.29 bits per heavy atom. The van der Waals surface area contributed by atoms with Crippen LogP contribution in [0.4, 0.5) is 0 Å². The summed E-state index contributed by atoms with van der Waals surface area (Å²) in [6.45, 7) is 8.92. The average molecular weight is 198 g/mol. The molecule has 1 aliphatic rings. The summed E-state index contributed by atoms with van der Waals surface area (Å²) >= 11 is 0. The van der Waals surface area contributed by atoms with Gasteiger partial charge in [0.25, 0.3) is 0 Å². The molecule has 1 rings (SSSR count). The molecule has 0 heterocycles. The molecule has 1 N–H and O–H groups in total. The number of aliphatic hydroxyl groups is 1. The van der Waals surface area contributed by atoms with Crippen molar-refractivity contribution >= 4 is 0 Å². The van der Waals surface area contributed by atoms with Gasteiger partial charge in [0, 0.05) is 0 Å². The maximum Gasteiger partial charge on any atom is 0.0703 e. The van der Waals surface area contributed by atoms with Crippen LogP contribution in [0.1, 0.15) is 59.8 Å². The standard InChI is InChI=1S/C13H26O/c1-5-12(6-2)13(14)9-10(3)7-8-11(13)4/h10-12,14H,5-9H2,1-4H3. The van der Waals surface area contributed by atoms with E-state index in [0.29, 0.717) is 17.8 Å². The minimum absolute atomic E-state index is 0.374. The second kappa shape index (κ2) is 4.65. The van der Waals surface area contributed by atoms with Crippen LogP contribution in [0.15, 0.2) is 0 Å². The van der Waals surface area contributed by atoms with Crippen molar-refractivity contribution in [2.75, 3.05) is 0 Å². The highest BCUT2D eigenvalue weighted by Gasteiger charge is 2.43. The summed E-state index contributed by atoms with van der Waals surface area (Å²) in [6.07, 6.45) is 5.74. The van der Waals surface area contributed by atoms with Gasteiger partial charge in [0.15, 0.2) is 0 Å². The van der Waals surface area contributed by atoms with Crippen LogP contribution in [0.3, 0.4) is 0 Å². The zero-order chi connectivity index (χ0) is 10.8. The molecule has 14 heavy (non-hydrogen) atoms. The Bertz CT molecular complexity index is 174. The van der Waals surface area contributed by atoms with Gasteiger partial charge in [-0.3, -0.25) is 0 Å². The molecule has 0 radical (unpaired) electrons. The van der Waals surface area contributed by atoms with Crippen LogP contribution >= 0.6 is 0 Å². The first-order valence-corrected chi connectivity index (χ1v) is 6.26. The molecule has 0 bridgehead atoms. The van der Waals surface area contributed by atoms with Gasteiger partial charge in [-0.05, 0) is 30.6 Å². The monoisotopic (exact) mass is 198 g/mol. The summed E-state index contributed by atoms with van der Waals surface area (Å²) in [6, 6.07) is 0. The molecule has 0 aliphatic heterocycles.